The number of aromatic nitrogens is 1. The summed E-state index contributed by atoms with van der Waals surface area (Å²) in [5, 5.41) is 9.55. The third-order valence-electron chi connectivity index (χ3n) is 3.20. The van der Waals surface area contributed by atoms with E-state index in [-0.39, 0.29) is 0 Å². The van der Waals surface area contributed by atoms with Crippen LogP contribution < -0.4 is 4.74 Å². The quantitative estimate of drug-likeness (QED) is 0.720. The van der Waals surface area contributed by atoms with Gasteiger partial charge in [-0.2, -0.15) is 9.64 Å². The van der Waals surface area contributed by atoms with Crippen LogP contribution in [0.4, 0.5) is 0 Å². The molecule has 3 aromatic rings. The molecule has 2 aromatic carbocycles. The lowest BCUT2D eigenvalue weighted by molar-refractivity contribution is 0.416. The lowest BCUT2D eigenvalue weighted by atomic mass is 10.0. The summed E-state index contributed by atoms with van der Waals surface area (Å²) in [4.78, 5) is 0.888. The number of ether oxygens (including phenoxy) is 1. The number of nitriles is 1. The highest BCUT2D eigenvalue weighted by Crippen LogP contribution is 2.38. The average molecular weight is 292 g/mol. The van der Waals surface area contributed by atoms with E-state index in [0.717, 1.165) is 21.8 Å². The number of hydrogen-bond donors (Lipinski definition) is 0. The van der Waals surface area contributed by atoms with Crippen molar-refractivity contribution < 1.29 is 4.74 Å². The summed E-state index contributed by atoms with van der Waals surface area (Å²) >= 11 is 1.34. The molecule has 1 heterocycles. The van der Waals surface area contributed by atoms with Gasteiger partial charge in [0.15, 0.2) is 0 Å². The van der Waals surface area contributed by atoms with E-state index in [1.54, 1.807) is 7.11 Å². The second kappa shape index (κ2) is 5.78. The predicted molar refractivity (Wildman–Crippen MR) is 84.3 cm³/mol. The van der Waals surface area contributed by atoms with Crippen LogP contribution in [-0.4, -0.2) is 11.5 Å². The lowest BCUT2D eigenvalue weighted by Gasteiger charge is -2.06. The largest absolute Gasteiger partial charge is 0.496 e. The van der Waals surface area contributed by atoms with E-state index in [1.165, 1.54) is 11.5 Å². The summed E-state index contributed by atoms with van der Waals surface area (Å²) in [6.45, 7) is 0. The van der Waals surface area contributed by atoms with E-state index in [2.05, 4.69) is 10.4 Å². The number of para-hydroxylation sites is 1. The van der Waals surface area contributed by atoms with E-state index in [0.29, 0.717) is 11.3 Å². The Labute approximate surface area is 127 Å². The second-order valence-electron chi connectivity index (χ2n) is 4.41. The normalized spacial score (nSPS) is 10.1. The molecule has 0 N–H and O–H groups in total. The van der Waals surface area contributed by atoms with Crippen LogP contribution in [0.5, 0.6) is 5.75 Å². The molecule has 0 atom stereocenters. The summed E-state index contributed by atoms with van der Waals surface area (Å²) in [6, 6.07) is 19.7. The van der Waals surface area contributed by atoms with Gasteiger partial charge in [-0.25, -0.2) is 0 Å². The summed E-state index contributed by atoms with van der Waals surface area (Å²) in [7, 11) is 1.62. The molecule has 0 aliphatic carbocycles. The molecular weight excluding hydrogens is 280 g/mol. The smallest absolute Gasteiger partial charge is 0.128 e. The van der Waals surface area contributed by atoms with Crippen molar-refractivity contribution in [2.45, 2.75) is 0 Å². The Kier molecular flexibility index (Phi) is 3.67. The summed E-state index contributed by atoms with van der Waals surface area (Å²) in [6.07, 6.45) is 0. The molecule has 3 rings (SSSR count). The summed E-state index contributed by atoms with van der Waals surface area (Å²) in [5.74, 6) is 0.721. The maximum atomic E-state index is 9.55. The van der Waals surface area contributed by atoms with Gasteiger partial charge in [0.1, 0.15) is 17.5 Å². The van der Waals surface area contributed by atoms with E-state index >= 15 is 0 Å². The van der Waals surface area contributed by atoms with Crippen LogP contribution >= 0.6 is 11.5 Å². The third kappa shape index (κ3) is 2.39. The minimum absolute atomic E-state index is 0.593. The van der Waals surface area contributed by atoms with Crippen molar-refractivity contribution in [3.8, 4) is 33.5 Å². The van der Waals surface area contributed by atoms with E-state index in [1.807, 2.05) is 54.6 Å². The van der Waals surface area contributed by atoms with Gasteiger partial charge in [0.2, 0.25) is 0 Å². The zero-order valence-corrected chi connectivity index (χ0v) is 12.2. The van der Waals surface area contributed by atoms with Gasteiger partial charge in [-0.3, -0.25) is 0 Å². The molecule has 0 fully saturated rings. The number of nitrogens with zero attached hydrogens (tertiary/aromatic N) is 2. The van der Waals surface area contributed by atoms with Crippen molar-refractivity contribution >= 4 is 11.5 Å². The van der Waals surface area contributed by atoms with Crippen molar-refractivity contribution in [2.24, 2.45) is 0 Å². The molecule has 0 saturated carbocycles. The second-order valence-corrected chi connectivity index (χ2v) is 5.19. The minimum atomic E-state index is 0.593. The van der Waals surface area contributed by atoms with Crippen LogP contribution in [0, 0.1) is 11.3 Å². The highest BCUT2D eigenvalue weighted by Gasteiger charge is 2.18. The Balaban J connectivity index is 2.18. The fraction of sp³-hybridized carbons (Fsp3) is 0.0588. The number of methoxy groups -OCH3 is 1. The Hall–Kier alpha value is -2.64. The van der Waals surface area contributed by atoms with E-state index in [4.69, 9.17) is 4.74 Å². The van der Waals surface area contributed by atoms with Gasteiger partial charge in [-0.1, -0.05) is 42.5 Å². The van der Waals surface area contributed by atoms with Crippen molar-refractivity contribution in [2.75, 3.05) is 7.11 Å². The fourth-order valence-electron chi connectivity index (χ4n) is 2.20. The molecule has 0 unspecified atom stereocenters. The van der Waals surface area contributed by atoms with Gasteiger partial charge >= 0.3 is 0 Å². The Bertz CT molecular complexity index is 803. The molecule has 1 aromatic heterocycles. The highest BCUT2D eigenvalue weighted by molar-refractivity contribution is 7.10. The molecule has 0 radical (unpaired) electrons. The minimum Gasteiger partial charge on any atom is -0.496 e. The van der Waals surface area contributed by atoms with Crippen molar-refractivity contribution in [3.63, 3.8) is 0 Å². The van der Waals surface area contributed by atoms with Crippen molar-refractivity contribution in [1.82, 2.24) is 4.37 Å². The molecule has 0 aliphatic rings. The molecule has 4 heteroatoms. The highest BCUT2D eigenvalue weighted by atomic mass is 32.1. The predicted octanol–water partition coefficient (Wildman–Crippen LogP) is 4.36. The molecule has 102 valence electrons. The number of benzene rings is 2. The molecule has 0 spiro atoms. The van der Waals surface area contributed by atoms with Crippen LogP contribution in [0.15, 0.2) is 54.6 Å². The van der Waals surface area contributed by atoms with Crippen LogP contribution in [0.2, 0.25) is 0 Å². The molecule has 21 heavy (non-hydrogen) atoms. The Morgan fingerprint density at radius 3 is 2.48 bits per heavy atom. The van der Waals surface area contributed by atoms with Crippen LogP contribution in [-0.2, 0) is 0 Å². The first-order chi connectivity index (χ1) is 10.3. The molecule has 0 saturated heterocycles. The van der Waals surface area contributed by atoms with Crippen LogP contribution in [0.25, 0.3) is 21.7 Å². The molecule has 3 nitrogen and oxygen atoms in total. The zero-order valence-electron chi connectivity index (χ0n) is 11.4. The molecular formula is C17H12N2OS. The standard InChI is InChI=1S/C17H12N2OS/c1-20-15-10-6-5-9-13(15)16-14(11-18)17(21-19-16)12-7-3-2-4-8-12/h2-10H,1H3. The molecule has 0 aliphatic heterocycles. The zero-order chi connectivity index (χ0) is 14.7. The van der Waals surface area contributed by atoms with Crippen molar-refractivity contribution in [3.05, 3.63) is 60.2 Å². The monoisotopic (exact) mass is 292 g/mol. The first-order valence-corrected chi connectivity index (χ1v) is 7.21. The van der Waals surface area contributed by atoms with Crippen LogP contribution in [0.3, 0.4) is 0 Å². The first kappa shape index (κ1) is 13.3. The van der Waals surface area contributed by atoms with E-state index < -0.39 is 0 Å². The maximum absolute atomic E-state index is 9.55. The fourth-order valence-corrected chi connectivity index (χ4v) is 3.05. The SMILES string of the molecule is COc1ccccc1-c1nsc(-c2ccccc2)c1C#N. The first-order valence-electron chi connectivity index (χ1n) is 6.43. The van der Waals surface area contributed by atoms with Gasteiger partial charge in [0.25, 0.3) is 0 Å². The number of hydrogen-bond acceptors (Lipinski definition) is 4. The van der Waals surface area contributed by atoms with Crippen molar-refractivity contribution in [1.29, 1.82) is 5.26 Å². The average Bonchev–Trinajstić information content (AvgIpc) is 2.99. The van der Waals surface area contributed by atoms with Gasteiger partial charge in [-0.15, -0.1) is 0 Å². The topological polar surface area (TPSA) is 45.9 Å². The van der Waals surface area contributed by atoms with Gasteiger partial charge < -0.3 is 4.74 Å². The Morgan fingerprint density at radius 1 is 1.05 bits per heavy atom. The summed E-state index contributed by atoms with van der Waals surface area (Å²) in [5.41, 5.74) is 3.12. The van der Waals surface area contributed by atoms with Crippen LogP contribution in [0.1, 0.15) is 5.56 Å². The molecule has 0 bridgehead atoms. The summed E-state index contributed by atoms with van der Waals surface area (Å²) < 4.78 is 9.85. The Morgan fingerprint density at radius 2 is 1.76 bits per heavy atom. The van der Waals surface area contributed by atoms with E-state index in [9.17, 15) is 5.26 Å². The molecule has 0 amide bonds. The number of rotatable bonds is 3. The van der Waals surface area contributed by atoms with Gasteiger partial charge in [-0.05, 0) is 29.2 Å². The third-order valence-corrected chi connectivity index (χ3v) is 4.10. The lowest BCUT2D eigenvalue weighted by Crippen LogP contribution is -1.89. The van der Waals surface area contributed by atoms with Gasteiger partial charge in [0.05, 0.1) is 17.6 Å². The maximum Gasteiger partial charge on any atom is 0.128 e. The van der Waals surface area contributed by atoms with Gasteiger partial charge in [0, 0.05) is 5.56 Å².